The van der Waals surface area contributed by atoms with Crippen LogP contribution in [0.15, 0.2) is 18.2 Å². The van der Waals surface area contributed by atoms with Crippen LogP contribution < -0.4 is 9.47 Å². The molecule has 0 bridgehead atoms. The van der Waals surface area contributed by atoms with Gasteiger partial charge in [-0.3, -0.25) is 0 Å². The molecule has 0 saturated carbocycles. The molecule has 142 valence electrons. The Labute approximate surface area is 152 Å². The van der Waals surface area contributed by atoms with E-state index in [2.05, 4.69) is 9.80 Å². The molecule has 5 nitrogen and oxygen atoms in total. The largest absolute Gasteiger partial charge is 0.493 e. The average Bonchev–Trinajstić information content (AvgIpc) is 2.55. The normalized spacial score (nSPS) is 17.8. The Hall–Kier alpha value is -1.30. The maximum atomic E-state index is 10.3. The summed E-state index contributed by atoms with van der Waals surface area (Å²) in [5.74, 6) is 1.41. The Morgan fingerprint density at radius 3 is 2.40 bits per heavy atom. The van der Waals surface area contributed by atoms with E-state index in [1.165, 1.54) is 37.7 Å². The molecule has 1 fully saturated rings. The minimum absolute atomic E-state index is 0.292. The third-order valence-corrected chi connectivity index (χ3v) is 4.58. The lowest BCUT2D eigenvalue weighted by atomic mass is 10.1. The van der Waals surface area contributed by atoms with Crippen LogP contribution in [0.25, 0.3) is 0 Å². The number of nitrogens with zero attached hydrogens (tertiary/aromatic N) is 2. The maximum absolute atomic E-state index is 10.3. The Balaban J connectivity index is 1.84. The van der Waals surface area contributed by atoms with Crippen LogP contribution >= 0.6 is 0 Å². The molecule has 0 amide bonds. The summed E-state index contributed by atoms with van der Waals surface area (Å²) in [6.45, 7) is 3.99. The molecule has 2 rings (SSSR count). The molecule has 5 heteroatoms. The molecule has 1 heterocycles. The molecule has 0 aliphatic carbocycles. The zero-order valence-corrected chi connectivity index (χ0v) is 16.0. The van der Waals surface area contributed by atoms with Crippen molar-refractivity contribution in [3.05, 3.63) is 23.8 Å². The fraction of sp³-hybridized carbons (Fsp3) is 0.700. The van der Waals surface area contributed by atoms with E-state index in [0.717, 1.165) is 25.4 Å². The van der Waals surface area contributed by atoms with Crippen molar-refractivity contribution in [2.45, 2.75) is 44.8 Å². The molecule has 1 aliphatic heterocycles. The number of aliphatic hydroxyl groups excluding tert-OH is 1. The van der Waals surface area contributed by atoms with E-state index in [1.54, 1.807) is 7.11 Å². The first kappa shape index (κ1) is 20.0. The van der Waals surface area contributed by atoms with Crippen LogP contribution in [-0.2, 0) is 6.54 Å². The van der Waals surface area contributed by atoms with Crippen LogP contribution in [0, 0.1) is 0 Å². The Morgan fingerprint density at radius 1 is 1.08 bits per heavy atom. The zero-order chi connectivity index (χ0) is 18.1. The zero-order valence-electron chi connectivity index (χ0n) is 16.0. The van der Waals surface area contributed by atoms with Crippen molar-refractivity contribution in [1.82, 2.24) is 9.80 Å². The number of likely N-dealkylation sites (tertiary alicyclic amines) is 1. The highest BCUT2D eigenvalue weighted by atomic mass is 16.5. The van der Waals surface area contributed by atoms with Crippen molar-refractivity contribution >= 4 is 0 Å². The second-order valence-corrected chi connectivity index (χ2v) is 7.26. The van der Waals surface area contributed by atoms with Crippen LogP contribution in [0.4, 0.5) is 0 Å². The summed E-state index contributed by atoms with van der Waals surface area (Å²) in [7, 11) is 5.73. The van der Waals surface area contributed by atoms with Gasteiger partial charge < -0.3 is 24.4 Å². The average molecular weight is 351 g/mol. The van der Waals surface area contributed by atoms with E-state index in [1.807, 2.05) is 32.3 Å². The van der Waals surface area contributed by atoms with Gasteiger partial charge in [0.15, 0.2) is 11.5 Å². The van der Waals surface area contributed by atoms with Crippen molar-refractivity contribution in [2.24, 2.45) is 0 Å². The predicted octanol–water partition coefficient (Wildman–Crippen LogP) is 2.76. The number of hydrogen-bond donors (Lipinski definition) is 1. The lowest BCUT2D eigenvalue weighted by molar-refractivity contribution is 0.0645. The molecule has 1 aliphatic rings. The van der Waals surface area contributed by atoms with Gasteiger partial charge in [0.25, 0.3) is 0 Å². The molecule has 25 heavy (non-hydrogen) atoms. The van der Waals surface area contributed by atoms with Crippen LogP contribution in [-0.4, -0.2) is 68.5 Å². The van der Waals surface area contributed by atoms with Gasteiger partial charge in [-0.2, -0.15) is 0 Å². The number of aliphatic hydroxyl groups is 1. The van der Waals surface area contributed by atoms with Crippen molar-refractivity contribution in [3.8, 4) is 11.5 Å². The van der Waals surface area contributed by atoms with Crippen LogP contribution in [0.1, 0.15) is 37.7 Å². The molecule has 1 saturated heterocycles. The summed E-state index contributed by atoms with van der Waals surface area (Å²) < 4.78 is 11.3. The number of benzene rings is 1. The first-order chi connectivity index (χ1) is 12.1. The van der Waals surface area contributed by atoms with Gasteiger partial charge in [0, 0.05) is 13.1 Å². The molecule has 1 N–H and O–H groups in total. The molecule has 0 unspecified atom stereocenters. The van der Waals surface area contributed by atoms with Gasteiger partial charge in [0.2, 0.25) is 0 Å². The number of hydrogen-bond acceptors (Lipinski definition) is 5. The number of β-amino-alcohol motifs (C(OH)–C–C–N with tert-alkyl or cyclic N) is 1. The summed E-state index contributed by atoms with van der Waals surface area (Å²) in [6.07, 6.45) is 5.94. The Morgan fingerprint density at radius 2 is 1.76 bits per heavy atom. The summed E-state index contributed by atoms with van der Waals surface area (Å²) in [4.78, 5) is 4.48. The molecule has 0 spiro atoms. The smallest absolute Gasteiger partial charge is 0.161 e. The minimum atomic E-state index is -0.481. The lowest BCUT2D eigenvalue weighted by Gasteiger charge is -2.26. The number of methoxy groups -OCH3 is 1. The third-order valence-electron chi connectivity index (χ3n) is 4.58. The van der Waals surface area contributed by atoms with E-state index in [0.29, 0.717) is 18.9 Å². The van der Waals surface area contributed by atoms with Crippen molar-refractivity contribution in [2.75, 3.05) is 47.4 Å². The SMILES string of the molecule is COc1cc(CN(C)C)ccc1OC[C@@H](O)CN1CCCCCCC1. The van der Waals surface area contributed by atoms with Gasteiger partial charge in [0.05, 0.1) is 7.11 Å². The van der Waals surface area contributed by atoms with Gasteiger partial charge in [0.1, 0.15) is 12.7 Å². The molecule has 1 aromatic rings. The topological polar surface area (TPSA) is 45.2 Å². The van der Waals surface area contributed by atoms with Crippen molar-refractivity contribution in [1.29, 1.82) is 0 Å². The third kappa shape index (κ3) is 7.22. The fourth-order valence-corrected chi connectivity index (χ4v) is 3.33. The highest BCUT2D eigenvalue weighted by molar-refractivity contribution is 5.43. The van der Waals surface area contributed by atoms with E-state index >= 15 is 0 Å². The van der Waals surface area contributed by atoms with Gasteiger partial charge in [-0.15, -0.1) is 0 Å². The van der Waals surface area contributed by atoms with Gasteiger partial charge >= 0.3 is 0 Å². The standard InChI is InChI=1S/C20H34N2O3/c1-21(2)14-17-9-10-19(20(13-17)24-3)25-16-18(23)15-22-11-7-5-4-6-8-12-22/h9-10,13,18,23H,4-8,11-12,14-16H2,1-3H3/t18-/m0/s1. The van der Waals surface area contributed by atoms with E-state index in [-0.39, 0.29) is 0 Å². The molecule has 0 radical (unpaired) electrons. The lowest BCUT2D eigenvalue weighted by Crippen LogP contribution is -2.37. The summed E-state index contributed by atoms with van der Waals surface area (Å²) in [5, 5.41) is 10.3. The van der Waals surface area contributed by atoms with Gasteiger partial charge in [-0.25, -0.2) is 0 Å². The number of ether oxygens (including phenoxy) is 2. The second-order valence-electron chi connectivity index (χ2n) is 7.26. The van der Waals surface area contributed by atoms with Crippen molar-refractivity contribution < 1.29 is 14.6 Å². The highest BCUT2D eigenvalue weighted by Crippen LogP contribution is 2.28. The van der Waals surface area contributed by atoms with E-state index < -0.39 is 6.10 Å². The quantitative estimate of drug-likeness (QED) is 0.781. The van der Waals surface area contributed by atoms with E-state index in [9.17, 15) is 5.11 Å². The Bertz CT molecular complexity index is 500. The molecule has 1 aromatic carbocycles. The monoisotopic (exact) mass is 350 g/mol. The van der Waals surface area contributed by atoms with Crippen LogP contribution in [0.2, 0.25) is 0 Å². The molecular weight excluding hydrogens is 316 g/mol. The fourth-order valence-electron chi connectivity index (χ4n) is 3.33. The first-order valence-corrected chi connectivity index (χ1v) is 9.43. The Kier molecular flexibility index (Phi) is 8.52. The van der Waals surface area contributed by atoms with E-state index in [4.69, 9.17) is 9.47 Å². The van der Waals surface area contributed by atoms with Gasteiger partial charge in [-0.05, 0) is 57.7 Å². The maximum Gasteiger partial charge on any atom is 0.161 e. The van der Waals surface area contributed by atoms with Gasteiger partial charge in [-0.1, -0.05) is 25.3 Å². The molecule has 0 aromatic heterocycles. The molecular formula is C20H34N2O3. The van der Waals surface area contributed by atoms with Crippen LogP contribution in [0.5, 0.6) is 11.5 Å². The van der Waals surface area contributed by atoms with Crippen molar-refractivity contribution in [3.63, 3.8) is 0 Å². The van der Waals surface area contributed by atoms with Crippen LogP contribution in [0.3, 0.4) is 0 Å². The number of rotatable bonds is 8. The summed E-state index contributed by atoms with van der Waals surface area (Å²) in [6, 6.07) is 5.98. The molecule has 1 atom stereocenters. The second kappa shape index (κ2) is 10.6. The summed E-state index contributed by atoms with van der Waals surface area (Å²) >= 11 is 0. The first-order valence-electron chi connectivity index (χ1n) is 9.43. The highest BCUT2D eigenvalue weighted by Gasteiger charge is 2.15. The predicted molar refractivity (Wildman–Crippen MR) is 101 cm³/mol. The summed E-state index contributed by atoms with van der Waals surface area (Å²) in [5.41, 5.74) is 1.18. The minimum Gasteiger partial charge on any atom is -0.493 e.